The van der Waals surface area contributed by atoms with E-state index < -0.39 is 17.5 Å². The molecule has 0 radical (unpaired) electrons. The minimum atomic E-state index is -1.48. The van der Waals surface area contributed by atoms with Crippen molar-refractivity contribution in [1.29, 1.82) is 0 Å². The van der Waals surface area contributed by atoms with Crippen molar-refractivity contribution < 1.29 is 15.0 Å². The molecular weight excluding hydrogens is 342 g/mol. The summed E-state index contributed by atoms with van der Waals surface area (Å²) in [6.07, 6.45) is 0. The van der Waals surface area contributed by atoms with Crippen molar-refractivity contribution in [3.63, 3.8) is 0 Å². The molecule has 6 heteroatoms. The molecule has 3 rings (SSSR count). The molecule has 0 saturated heterocycles. The number of fused-ring (bicyclic) bond motifs is 1. The van der Waals surface area contributed by atoms with Crippen LogP contribution in [0.2, 0.25) is 0 Å². The number of hydrogen-bond acceptors (Lipinski definition) is 4. The number of carboxylic acids is 1. The molecule has 6 nitrogen and oxygen atoms in total. The van der Waals surface area contributed by atoms with Crippen LogP contribution in [0.1, 0.15) is 43.6 Å². The lowest BCUT2D eigenvalue weighted by Gasteiger charge is -2.29. The molecule has 0 aliphatic carbocycles. The van der Waals surface area contributed by atoms with Crippen LogP contribution in [-0.4, -0.2) is 36.4 Å². The van der Waals surface area contributed by atoms with E-state index in [9.17, 15) is 15.0 Å². The molecule has 1 atom stereocenters. The van der Waals surface area contributed by atoms with E-state index in [0.717, 1.165) is 11.3 Å². The van der Waals surface area contributed by atoms with Gasteiger partial charge in [-0.1, -0.05) is 36.9 Å². The van der Waals surface area contributed by atoms with Gasteiger partial charge in [0.1, 0.15) is 5.92 Å². The summed E-state index contributed by atoms with van der Waals surface area (Å²) in [6.45, 7) is 10.5. The highest BCUT2D eigenvalue weighted by Crippen LogP contribution is 2.36. The number of nitrogens with zero attached hydrogens (tertiary/aromatic N) is 3. The summed E-state index contributed by atoms with van der Waals surface area (Å²) in [4.78, 5) is 16.6. The normalized spacial score (nSPS) is 12.9. The van der Waals surface area contributed by atoms with E-state index in [1.165, 1.54) is 13.8 Å². The summed E-state index contributed by atoms with van der Waals surface area (Å²) in [5.41, 5.74) is 2.98. The van der Waals surface area contributed by atoms with E-state index in [1.807, 2.05) is 36.4 Å². The Balaban J connectivity index is 2.35. The lowest BCUT2D eigenvalue weighted by atomic mass is 9.82. The van der Waals surface area contributed by atoms with E-state index in [0.29, 0.717) is 28.2 Å². The number of aliphatic carboxylic acids is 1. The molecule has 27 heavy (non-hydrogen) atoms. The Morgan fingerprint density at radius 1 is 1.26 bits per heavy atom. The third kappa shape index (κ3) is 3.36. The molecule has 0 bridgehead atoms. The van der Waals surface area contributed by atoms with Gasteiger partial charge in [-0.2, -0.15) is 5.10 Å². The monoisotopic (exact) mass is 365 g/mol. The molecule has 0 aliphatic rings. The fourth-order valence-corrected chi connectivity index (χ4v) is 3.42. The van der Waals surface area contributed by atoms with E-state index >= 15 is 0 Å². The quantitative estimate of drug-likeness (QED) is 0.720. The predicted molar refractivity (Wildman–Crippen MR) is 105 cm³/mol. The second kappa shape index (κ2) is 6.63. The topological polar surface area (TPSA) is 87.7 Å². The highest BCUT2D eigenvalue weighted by Gasteiger charge is 2.39. The zero-order chi connectivity index (χ0) is 19.9. The molecule has 2 heterocycles. The van der Waals surface area contributed by atoms with Gasteiger partial charge in [-0.25, -0.2) is 9.50 Å². The Kier molecular flexibility index (Phi) is 4.61. The number of rotatable bonds is 5. The summed E-state index contributed by atoms with van der Waals surface area (Å²) in [5, 5.41) is 25.0. The van der Waals surface area contributed by atoms with Crippen LogP contribution in [0.4, 0.5) is 0 Å². The SMILES string of the molecule is C=C(C)c1c(C(C(=O)O)C(C)(C)O)c(C)nc2cc(-c3ccccc3)nn12. The number of benzene rings is 1. The average Bonchev–Trinajstić information content (AvgIpc) is 2.97. The van der Waals surface area contributed by atoms with Crippen molar-refractivity contribution in [3.05, 3.63) is 59.9 Å². The lowest BCUT2D eigenvalue weighted by Crippen LogP contribution is -2.36. The molecule has 1 unspecified atom stereocenters. The number of aryl methyl sites for hydroxylation is 1. The third-order valence-corrected chi connectivity index (χ3v) is 4.55. The molecule has 2 N–H and O–H groups in total. The van der Waals surface area contributed by atoms with Crippen LogP contribution in [0.3, 0.4) is 0 Å². The molecule has 0 fully saturated rings. The second-order valence-electron chi connectivity index (χ2n) is 7.33. The van der Waals surface area contributed by atoms with Gasteiger partial charge in [0.25, 0.3) is 0 Å². The van der Waals surface area contributed by atoms with Crippen molar-refractivity contribution in [2.75, 3.05) is 0 Å². The van der Waals surface area contributed by atoms with Crippen LogP contribution in [0.5, 0.6) is 0 Å². The summed E-state index contributed by atoms with van der Waals surface area (Å²) >= 11 is 0. The zero-order valence-corrected chi connectivity index (χ0v) is 15.9. The number of carboxylic acid groups (broad SMARTS) is 1. The molecule has 2 aromatic heterocycles. The maximum absolute atomic E-state index is 12.0. The number of carbonyl (C=O) groups is 1. The maximum Gasteiger partial charge on any atom is 0.314 e. The number of allylic oxidation sites excluding steroid dienone is 1. The van der Waals surface area contributed by atoms with E-state index in [2.05, 4.69) is 16.7 Å². The third-order valence-electron chi connectivity index (χ3n) is 4.55. The fraction of sp³-hybridized carbons (Fsp3) is 0.286. The molecular formula is C21H23N3O3. The van der Waals surface area contributed by atoms with Crippen molar-refractivity contribution >= 4 is 17.2 Å². The fourth-order valence-electron chi connectivity index (χ4n) is 3.42. The van der Waals surface area contributed by atoms with Crippen LogP contribution in [0, 0.1) is 6.92 Å². The lowest BCUT2D eigenvalue weighted by molar-refractivity contribution is -0.144. The standard InChI is InChI=1S/C21H23N3O3/c1-12(2)19-17(18(20(25)26)21(4,5)27)13(3)22-16-11-15(23-24(16)19)14-9-7-6-8-10-14/h6-11,18,27H,1H2,2-5H3,(H,25,26). The minimum absolute atomic E-state index is 0.428. The van der Waals surface area contributed by atoms with Crippen LogP contribution in [-0.2, 0) is 4.79 Å². The smallest absolute Gasteiger partial charge is 0.314 e. The Morgan fingerprint density at radius 2 is 1.89 bits per heavy atom. The van der Waals surface area contributed by atoms with Crippen LogP contribution in [0.25, 0.3) is 22.5 Å². The molecule has 1 aromatic carbocycles. The average molecular weight is 365 g/mol. The van der Waals surface area contributed by atoms with Gasteiger partial charge >= 0.3 is 5.97 Å². The van der Waals surface area contributed by atoms with E-state index in [-0.39, 0.29) is 0 Å². The second-order valence-corrected chi connectivity index (χ2v) is 7.33. The zero-order valence-electron chi connectivity index (χ0n) is 15.9. The molecule has 0 aliphatic heterocycles. The Hall–Kier alpha value is -2.99. The maximum atomic E-state index is 12.0. The van der Waals surface area contributed by atoms with Crippen LogP contribution >= 0.6 is 0 Å². The molecule has 3 aromatic rings. The highest BCUT2D eigenvalue weighted by atomic mass is 16.4. The van der Waals surface area contributed by atoms with Gasteiger partial charge in [-0.15, -0.1) is 0 Å². The van der Waals surface area contributed by atoms with Crippen molar-refractivity contribution in [2.24, 2.45) is 0 Å². The Bertz CT molecular complexity index is 1030. The van der Waals surface area contributed by atoms with Crippen molar-refractivity contribution in [3.8, 4) is 11.3 Å². The van der Waals surface area contributed by atoms with Crippen molar-refractivity contribution in [2.45, 2.75) is 39.2 Å². The molecule has 0 amide bonds. The van der Waals surface area contributed by atoms with Crippen LogP contribution < -0.4 is 0 Å². The molecule has 0 saturated carbocycles. The van der Waals surface area contributed by atoms with Gasteiger partial charge in [0, 0.05) is 22.9 Å². The Morgan fingerprint density at radius 3 is 2.41 bits per heavy atom. The minimum Gasteiger partial charge on any atom is -0.481 e. The van der Waals surface area contributed by atoms with Gasteiger partial charge in [-0.3, -0.25) is 4.79 Å². The largest absolute Gasteiger partial charge is 0.481 e. The van der Waals surface area contributed by atoms with Gasteiger partial charge in [0.15, 0.2) is 5.65 Å². The number of hydrogen-bond donors (Lipinski definition) is 2. The van der Waals surface area contributed by atoms with Gasteiger partial charge in [0.05, 0.1) is 17.0 Å². The van der Waals surface area contributed by atoms with Gasteiger partial charge < -0.3 is 10.2 Å². The highest BCUT2D eigenvalue weighted by molar-refractivity contribution is 5.81. The summed E-state index contributed by atoms with van der Waals surface area (Å²) in [7, 11) is 0. The van der Waals surface area contributed by atoms with Gasteiger partial charge in [0.2, 0.25) is 0 Å². The molecule has 0 spiro atoms. The summed E-state index contributed by atoms with van der Waals surface area (Å²) in [5.74, 6) is -2.28. The van der Waals surface area contributed by atoms with Crippen molar-refractivity contribution in [1.82, 2.24) is 14.6 Å². The number of aliphatic hydroxyl groups is 1. The van der Waals surface area contributed by atoms with Crippen LogP contribution in [0.15, 0.2) is 43.0 Å². The predicted octanol–water partition coefficient (Wildman–Crippen LogP) is 3.68. The first-order valence-electron chi connectivity index (χ1n) is 8.68. The van der Waals surface area contributed by atoms with E-state index in [4.69, 9.17) is 0 Å². The first-order chi connectivity index (χ1) is 12.6. The van der Waals surface area contributed by atoms with E-state index in [1.54, 1.807) is 18.4 Å². The first kappa shape index (κ1) is 18.8. The summed E-state index contributed by atoms with van der Waals surface area (Å²) in [6, 6.07) is 11.5. The molecule has 140 valence electrons. The van der Waals surface area contributed by atoms with Gasteiger partial charge in [-0.05, 0) is 33.3 Å². The number of aromatic nitrogens is 3. The first-order valence-corrected chi connectivity index (χ1v) is 8.68. The summed E-state index contributed by atoms with van der Waals surface area (Å²) < 4.78 is 1.62. The Labute approximate surface area is 157 Å².